The Morgan fingerprint density at radius 1 is 1.15 bits per heavy atom. The number of nitrogens with one attached hydrogen (secondary N) is 1. The lowest BCUT2D eigenvalue weighted by molar-refractivity contribution is -0.138. The number of aliphatic hydroxyl groups excluding tert-OH is 1. The van der Waals surface area contributed by atoms with E-state index in [0.717, 1.165) is 44.1 Å². The summed E-state index contributed by atoms with van der Waals surface area (Å²) in [6.45, 7) is 2.98. The van der Waals surface area contributed by atoms with Gasteiger partial charge in [0.15, 0.2) is 0 Å². The van der Waals surface area contributed by atoms with Gasteiger partial charge in [0.05, 0.1) is 6.61 Å². The molecule has 1 unspecified atom stereocenters. The Kier molecular flexibility index (Phi) is 6.30. The Balaban J connectivity index is 1.64. The highest BCUT2D eigenvalue weighted by molar-refractivity contribution is 5.87. The third-order valence-electron chi connectivity index (χ3n) is 5.97. The summed E-state index contributed by atoms with van der Waals surface area (Å²) in [6, 6.07) is 7.66. The normalized spacial score (nSPS) is 20.2. The Bertz CT molecular complexity index is 632. The third-order valence-corrected chi connectivity index (χ3v) is 5.97. The monoisotopic (exact) mass is 358 g/mol. The highest BCUT2D eigenvalue weighted by Gasteiger charge is 2.35. The van der Waals surface area contributed by atoms with Crippen molar-refractivity contribution in [1.29, 1.82) is 0 Å². The lowest BCUT2D eigenvalue weighted by Gasteiger charge is -2.36. The summed E-state index contributed by atoms with van der Waals surface area (Å²) >= 11 is 0. The number of rotatable bonds is 5. The predicted octanol–water partition coefficient (Wildman–Crippen LogP) is 2.58. The van der Waals surface area contributed by atoms with Gasteiger partial charge in [0.2, 0.25) is 11.8 Å². The summed E-state index contributed by atoms with van der Waals surface area (Å²) in [5.74, 6) is 0.621. The molecule has 26 heavy (non-hydrogen) atoms. The first-order valence-electron chi connectivity index (χ1n) is 9.84. The van der Waals surface area contributed by atoms with Gasteiger partial charge in [0.1, 0.15) is 6.04 Å². The molecule has 2 aliphatic rings. The van der Waals surface area contributed by atoms with Crippen LogP contribution >= 0.6 is 0 Å². The fourth-order valence-electron chi connectivity index (χ4n) is 4.57. The highest BCUT2D eigenvalue weighted by atomic mass is 16.3. The van der Waals surface area contributed by atoms with Gasteiger partial charge in [-0.2, -0.15) is 0 Å². The first-order valence-corrected chi connectivity index (χ1v) is 9.84. The largest absolute Gasteiger partial charge is 0.392 e. The van der Waals surface area contributed by atoms with Gasteiger partial charge >= 0.3 is 0 Å². The van der Waals surface area contributed by atoms with Gasteiger partial charge in [0, 0.05) is 20.0 Å². The van der Waals surface area contributed by atoms with Crippen LogP contribution in [0.4, 0.5) is 0 Å². The first kappa shape index (κ1) is 18.9. The molecular formula is C21H30N2O3. The van der Waals surface area contributed by atoms with Crippen molar-refractivity contribution < 1.29 is 14.7 Å². The number of amides is 2. The van der Waals surface area contributed by atoms with Crippen molar-refractivity contribution in [2.75, 3.05) is 13.1 Å². The Morgan fingerprint density at radius 3 is 2.42 bits per heavy atom. The van der Waals surface area contributed by atoms with Crippen LogP contribution in [0.1, 0.15) is 62.5 Å². The van der Waals surface area contributed by atoms with E-state index >= 15 is 0 Å². The van der Waals surface area contributed by atoms with Crippen LogP contribution in [0.15, 0.2) is 24.3 Å². The summed E-state index contributed by atoms with van der Waals surface area (Å²) in [7, 11) is 0. The Hall–Kier alpha value is -1.88. The fraction of sp³-hybridized carbons (Fsp3) is 0.619. The van der Waals surface area contributed by atoms with E-state index in [1.54, 1.807) is 0 Å². The van der Waals surface area contributed by atoms with Crippen molar-refractivity contribution >= 4 is 11.8 Å². The van der Waals surface area contributed by atoms with Gasteiger partial charge in [-0.15, -0.1) is 0 Å². The SMILES string of the molecule is CC(=O)NC(C(=O)N1CCC(c2ccccc2CO)CC1)C1CCCC1. The van der Waals surface area contributed by atoms with Crippen LogP contribution in [0.25, 0.3) is 0 Å². The van der Waals surface area contributed by atoms with Crippen LogP contribution in [0, 0.1) is 5.92 Å². The smallest absolute Gasteiger partial charge is 0.245 e. The summed E-state index contributed by atoms with van der Waals surface area (Å²) in [6.07, 6.45) is 6.15. The van der Waals surface area contributed by atoms with Gasteiger partial charge in [-0.25, -0.2) is 0 Å². The van der Waals surface area contributed by atoms with Crippen molar-refractivity contribution in [3.8, 4) is 0 Å². The summed E-state index contributed by atoms with van der Waals surface area (Å²) in [4.78, 5) is 26.6. The Morgan fingerprint density at radius 2 is 1.81 bits per heavy atom. The van der Waals surface area contributed by atoms with E-state index < -0.39 is 0 Å². The van der Waals surface area contributed by atoms with Crippen LogP contribution in [-0.2, 0) is 16.2 Å². The predicted molar refractivity (Wildman–Crippen MR) is 100 cm³/mol. The molecule has 1 saturated carbocycles. The summed E-state index contributed by atoms with van der Waals surface area (Å²) in [5.41, 5.74) is 2.19. The maximum Gasteiger partial charge on any atom is 0.245 e. The standard InChI is InChI=1S/C21H30N2O3/c1-15(25)22-20(17-6-2-3-7-17)21(26)23-12-10-16(11-13-23)19-9-5-4-8-18(19)14-24/h4-5,8-9,16-17,20,24H,2-3,6-7,10-14H2,1H3,(H,22,25). The van der Waals surface area contributed by atoms with E-state index in [4.69, 9.17) is 0 Å². The van der Waals surface area contributed by atoms with Crippen LogP contribution in [0.2, 0.25) is 0 Å². The van der Waals surface area contributed by atoms with Crippen LogP contribution in [-0.4, -0.2) is 41.0 Å². The molecule has 5 heteroatoms. The van der Waals surface area contributed by atoms with E-state index in [9.17, 15) is 14.7 Å². The number of benzene rings is 1. The minimum Gasteiger partial charge on any atom is -0.392 e. The molecule has 1 aromatic rings. The van der Waals surface area contributed by atoms with Gasteiger partial charge in [-0.05, 0) is 48.6 Å². The number of likely N-dealkylation sites (tertiary alicyclic amines) is 1. The molecule has 3 rings (SSSR count). The second kappa shape index (κ2) is 8.67. The molecule has 1 aliphatic carbocycles. The minimum absolute atomic E-state index is 0.0571. The lowest BCUT2D eigenvalue weighted by atomic mass is 9.86. The second-order valence-electron chi connectivity index (χ2n) is 7.68. The van der Waals surface area contributed by atoms with E-state index in [2.05, 4.69) is 11.4 Å². The zero-order valence-electron chi connectivity index (χ0n) is 15.6. The molecule has 0 spiro atoms. The first-order chi connectivity index (χ1) is 12.6. The van der Waals surface area contributed by atoms with Crippen molar-refractivity contribution in [2.24, 2.45) is 5.92 Å². The number of nitrogens with zero attached hydrogens (tertiary/aromatic N) is 1. The van der Waals surface area contributed by atoms with Crippen molar-refractivity contribution in [1.82, 2.24) is 10.2 Å². The highest BCUT2D eigenvalue weighted by Crippen LogP contribution is 2.33. The minimum atomic E-state index is -0.365. The van der Waals surface area contributed by atoms with E-state index in [1.165, 1.54) is 12.5 Å². The molecule has 142 valence electrons. The molecule has 2 fully saturated rings. The molecule has 1 aromatic carbocycles. The number of piperidine rings is 1. The zero-order valence-corrected chi connectivity index (χ0v) is 15.6. The maximum absolute atomic E-state index is 13.1. The number of aliphatic hydroxyl groups is 1. The average molecular weight is 358 g/mol. The quantitative estimate of drug-likeness (QED) is 0.850. The lowest BCUT2D eigenvalue weighted by Crippen LogP contribution is -2.53. The molecular weight excluding hydrogens is 328 g/mol. The molecule has 1 atom stereocenters. The summed E-state index contributed by atoms with van der Waals surface area (Å²) in [5, 5.41) is 12.5. The van der Waals surface area contributed by atoms with E-state index in [-0.39, 0.29) is 30.4 Å². The van der Waals surface area contributed by atoms with Gasteiger partial charge in [0.25, 0.3) is 0 Å². The fourth-order valence-corrected chi connectivity index (χ4v) is 4.57. The summed E-state index contributed by atoms with van der Waals surface area (Å²) < 4.78 is 0. The molecule has 0 radical (unpaired) electrons. The van der Waals surface area contributed by atoms with Gasteiger partial charge in [-0.3, -0.25) is 9.59 Å². The van der Waals surface area contributed by atoms with E-state index in [1.807, 2.05) is 23.1 Å². The van der Waals surface area contributed by atoms with Gasteiger partial charge in [-0.1, -0.05) is 37.1 Å². The molecule has 1 aliphatic heterocycles. The topological polar surface area (TPSA) is 69.6 Å². The molecule has 2 N–H and O–H groups in total. The molecule has 2 amide bonds. The molecule has 1 heterocycles. The molecule has 1 saturated heterocycles. The third kappa shape index (κ3) is 4.26. The molecule has 0 bridgehead atoms. The van der Waals surface area contributed by atoms with Crippen LogP contribution in [0.5, 0.6) is 0 Å². The van der Waals surface area contributed by atoms with Gasteiger partial charge < -0.3 is 15.3 Å². The zero-order chi connectivity index (χ0) is 18.5. The Labute approximate surface area is 155 Å². The number of hydrogen-bond donors (Lipinski definition) is 2. The molecule has 5 nitrogen and oxygen atoms in total. The van der Waals surface area contributed by atoms with Crippen molar-refractivity contribution in [2.45, 2.75) is 64.0 Å². The van der Waals surface area contributed by atoms with Crippen molar-refractivity contribution in [3.63, 3.8) is 0 Å². The second-order valence-corrected chi connectivity index (χ2v) is 7.68. The van der Waals surface area contributed by atoms with E-state index in [0.29, 0.717) is 19.0 Å². The number of carbonyl (C=O) groups excluding carboxylic acids is 2. The van der Waals surface area contributed by atoms with Crippen molar-refractivity contribution in [3.05, 3.63) is 35.4 Å². The van der Waals surface area contributed by atoms with Crippen LogP contribution in [0.3, 0.4) is 0 Å². The maximum atomic E-state index is 13.1. The average Bonchev–Trinajstić information content (AvgIpc) is 3.20. The number of carbonyl (C=O) groups is 2. The molecule has 0 aromatic heterocycles. The number of hydrogen-bond acceptors (Lipinski definition) is 3. The van der Waals surface area contributed by atoms with Crippen LogP contribution < -0.4 is 5.32 Å².